The highest BCUT2D eigenvalue weighted by atomic mass is 15.2. The molecule has 2 nitrogen and oxygen atoms in total. The zero-order valence-corrected chi connectivity index (χ0v) is 7.88. The largest absolute Gasteiger partial charge is 0.167 e. The topological polar surface area (TPSA) is 24.7 Å². The molecule has 0 atom stereocenters. The van der Waals surface area contributed by atoms with Gasteiger partial charge >= 0.3 is 0 Å². The van der Waals surface area contributed by atoms with E-state index < -0.39 is 0 Å². The van der Waals surface area contributed by atoms with E-state index in [9.17, 15) is 0 Å². The van der Waals surface area contributed by atoms with E-state index >= 15 is 0 Å². The molecule has 66 valence electrons. The summed E-state index contributed by atoms with van der Waals surface area (Å²) < 4.78 is 0. The van der Waals surface area contributed by atoms with Crippen molar-refractivity contribution in [2.45, 2.75) is 26.7 Å². The molecule has 0 aromatic rings. The van der Waals surface area contributed by atoms with Crippen molar-refractivity contribution in [2.75, 3.05) is 0 Å². The molecule has 0 amide bonds. The Bertz CT molecular complexity index is 188. The summed E-state index contributed by atoms with van der Waals surface area (Å²) in [5, 5.41) is 7.29. The van der Waals surface area contributed by atoms with Gasteiger partial charge in [-0.2, -0.15) is 10.2 Å². The molecule has 0 saturated carbocycles. The summed E-state index contributed by atoms with van der Waals surface area (Å²) in [5.41, 5.74) is 2.32. The van der Waals surface area contributed by atoms with E-state index in [1.54, 1.807) is 6.08 Å². The number of rotatable bonds is 5. The van der Waals surface area contributed by atoms with E-state index in [1.165, 1.54) is 5.57 Å². The van der Waals surface area contributed by atoms with Crippen LogP contribution in [0.3, 0.4) is 0 Å². The Morgan fingerprint density at radius 2 is 2.00 bits per heavy atom. The van der Waals surface area contributed by atoms with Crippen LogP contribution >= 0.6 is 0 Å². The van der Waals surface area contributed by atoms with Gasteiger partial charge < -0.3 is 0 Å². The van der Waals surface area contributed by atoms with Crippen LogP contribution in [0.1, 0.15) is 26.7 Å². The summed E-state index contributed by atoms with van der Waals surface area (Å²) in [6.07, 6.45) is 5.76. The lowest BCUT2D eigenvalue weighted by atomic mass is 10.1. The molecular formula is C10H16N2. The van der Waals surface area contributed by atoms with Crippen LogP contribution in [-0.2, 0) is 0 Å². The lowest BCUT2D eigenvalue weighted by Crippen LogP contribution is -1.90. The normalized spacial score (nSPS) is 12.8. The zero-order chi connectivity index (χ0) is 9.40. The second-order valence-corrected chi connectivity index (χ2v) is 2.73. The van der Waals surface area contributed by atoms with E-state index in [1.807, 2.05) is 13.0 Å². The molecule has 0 bridgehead atoms. The molecule has 0 aromatic carbocycles. The fourth-order valence-corrected chi connectivity index (χ4v) is 0.833. The second-order valence-electron chi connectivity index (χ2n) is 2.73. The standard InChI is InChI=1S/C10H16N2/c1-5-6-9(2)7-8-10(3)12-11-4/h5-6H,1,4,7-8H2,2-3H3/b9-6+,12-10+. The Hall–Kier alpha value is -1.18. The minimum absolute atomic E-state index is 0.940. The lowest BCUT2D eigenvalue weighted by Gasteiger charge is -1.98. The fraction of sp³-hybridized carbons (Fsp3) is 0.400. The Labute approximate surface area is 74.4 Å². The number of hydrogen-bond acceptors (Lipinski definition) is 2. The van der Waals surface area contributed by atoms with Gasteiger partial charge in [0.05, 0.1) is 0 Å². The van der Waals surface area contributed by atoms with E-state index in [2.05, 4.69) is 30.4 Å². The first-order valence-corrected chi connectivity index (χ1v) is 3.98. The summed E-state index contributed by atoms with van der Waals surface area (Å²) in [6, 6.07) is 0. The van der Waals surface area contributed by atoms with Crippen LogP contribution < -0.4 is 0 Å². The predicted octanol–water partition coefficient (Wildman–Crippen LogP) is 2.98. The highest BCUT2D eigenvalue weighted by molar-refractivity contribution is 5.82. The van der Waals surface area contributed by atoms with Gasteiger partial charge in [0.2, 0.25) is 0 Å². The van der Waals surface area contributed by atoms with E-state index in [0.717, 1.165) is 18.6 Å². The van der Waals surface area contributed by atoms with Crippen LogP contribution in [0.2, 0.25) is 0 Å². The average molecular weight is 164 g/mol. The molecule has 0 saturated heterocycles. The summed E-state index contributed by atoms with van der Waals surface area (Å²) in [4.78, 5) is 0. The third kappa shape index (κ3) is 5.59. The van der Waals surface area contributed by atoms with Gasteiger partial charge in [0.15, 0.2) is 0 Å². The van der Waals surface area contributed by atoms with E-state index in [4.69, 9.17) is 0 Å². The van der Waals surface area contributed by atoms with Gasteiger partial charge in [-0.3, -0.25) is 0 Å². The van der Waals surface area contributed by atoms with Crippen LogP contribution in [0.5, 0.6) is 0 Å². The molecule has 0 aliphatic carbocycles. The van der Waals surface area contributed by atoms with Crippen LogP contribution in [0.4, 0.5) is 0 Å². The van der Waals surface area contributed by atoms with Crippen molar-refractivity contribution in [3.63, 3.8) is 0 Å². The Morgan fingerprint density at radius 3 is 2.50 bits per heavy atom. The first kappa shape index (κ1) is 10.8. The van der Waals surface area contributed by atoms with Crippen molar-refractivity contribution in [2.24, 2.45) is 10.2 Å². The molecule has 0 fully saturated rings. The Balaban J connectivity index is 3.82. The zero-order valence-electron chi connectivity index (χ0n) is 7.88. The number of hydrogen-bond donors (Lipinski definition) is 0. The van der Waals surface area contributed by atoms with Crippen molar-refractivity contribution in [3.05, 3.63) is 24.3 Å². The molecule has 2 heteroatoms. The maximum Gasteiger partial charge on any atom is 0.0377 e. The molecule has 0 radical (unpaired) electrons. The van der Waals surface area contributed by atoms with Crippen LogP contribution in [0.15, 0.2) is 34.5 Å². The minimum Gasteiger partial charge on any atom is -0.167 e. The van der Waals surface area contributed by atoms with Gasteiger partial charge in [0, 0.05) is 12.4 Å². The van der Waals surface area contributed by atoms with E-state index in [0.29, 0.717) is 0 Å². The molecule has 0 aliphatic rings. The smallest absolute Gasteiger partial charge is 0.0377 e. The first-order chi connectivity index (χ1) is 5.70. The van der Waals surface area contributed by atoms with Crippen LogP contribution in [0.25, 0.3) is 0 Å². The first-order valence-electron chi connectivity index (χ1n) is 3.98. The highest BCUT2D eigenvalue weighted by Crippen LogP contribution is 2.04. The molecule has 0 unspecified atom stereocenters. The summed E-state index contributed by atoms with van der Waals surface area (Å²) in [6.45, 7) is 11.0. The predicted molar refractivity (Wildman–Crippen MR) is 55.8 cm³/mol. The Kier molecular flexibility index (Phi) is 5.88. The maximum atomic E-state index is 3.83. The third-order valence-corrected chi connectivity index (χ3v) is 1.52. The monoisotopic (exact) mass is 164 g/mol. The fourth-order valence-electron chi connectivity index (χ4n) is 0.833. The number of allylic oxidation sites excluding steroid dienone is 3. The Morgan fingerprint density at radius 1 is 1.33 bits per heavy atom. The SMILES string of the molecule is C=C/C=C(\C)CC/C(C)=N/N=C. The van der Waals surface area contributed by atoms with Gasteiger partial charge in [-0.1, -0.05) is 24.3 Å². The molecular weight excluding hydrogens is 148 g/mol. The van der Waals surface area contributed by atoms with Gasteiger partial charge in [-0.15, -0.1) is 0 Å². The molecule has 0 N–H and O–H groups in total. The number of nitrogens with zero attached hydrogens (tertiary/aromatic N) is 2. The molecule has 0 rings (SSSR count). The van der Waals surface area contributed by atoms with Crippen molar-refractivity contribution < 1.29 is 0 Å². The quantitative estimate of drug-likeness (QED) is 0.339. The average Bonchev–Trinajstić information content (AvgIpc) is 2.02. The maximum absolute atomic E-state index is 3.83. The molecule has 0 spiro atoms. The minimum atomic E-state index is 0.940. The lowest BCUT2D eigenvalue weighted by molar-refractivity contribution is 0.995. The summed E-state index contributed by atoms with van der Waals surface area (Å²) in [7, 11) is 0. The molecule has 0 aliphatic heterocycles. The van der Waals surface area contributed by atoms with Crippen molar-refractivity contribution in [1.29, 1.82) is 0 Å². The van der Waals surface area contributed by atoms with E-state index in [-0.39, 0.29) is 0 Å². The van der Waals surface area contributed by atoms with Crippen LogP contribution in [0, 0.1) is 0 Å². The summed E-state index contributed by atoms with van der Waals surface area (Å²) in [5.74, 6) is 0. The van der Waals surface area contributed by atoms with Gasteiger partial charge in [0.1, 0.15) is 0 Å². The van der Waals surface area contributed by atoms with Gasteiger partial charge in [-0.25, -0.2) is 0 Å². The summed E-state index contributed by atoms with van der Waals surface area (Å²) >= 11 is 0. The molecule has 12 heavy (non-hydrogen) atoms. The van der Waals surface area contributed by atoms with Crippen LogP contribution in [-0.4, -0.2) is 12.4 Å². The molecule has 0 heterocycles. The highest BCUT2D eigenvalue weighted by Gasteiger charge is 1.92. The third-order valence-electron chi connectivity index (χ3n) is 1.52. The van der Waals surface area contributed by atoms with Crippen molar-refractivity contribution >= 4 is 12.4 Å². The van der Waals surface area contributed by atoms with Gasteiger partial charge in [-0.05, 0) is 26.7 Å². The van der Waals surface area contributed by atoms with Crippen molar-refractivity contribution in [3.8, 4) is 0 Å². The van der Waals surface area contributed by atoms with Gasteiger partial charge in [0.25, 0.3) is 0 Å². The van der Waals surface area contributed by atoms with Crippen molar-refractivity contribution in [1.82, 2.24) is 0 Å². The molecule has 0 aromatic heterocycles. The second kappa shape index (κ2) is 6.53.